The molecule has 1 unspecified atom stereocenters. The predicted molar refractivity (Wildman–Crippen MR) is 128 cm³/mol. The lowest BCUT2D eigenvalue weighted by atomic mass is 9.96. The van der Waals surface area contributed by atoms with Crippen LogP contribution in [0.2, 0.25) is 5.02 Å². The maximum absolute atomic E-state index is 11.7. The molecule has 0 saturated carbocycles. The molecule has 8 nitrogen and oxygen atoms in total. The number of halogens is 1. The number of benzene rings is 2. The number of carbonyl (C=O) groups excluding carboxylic acids is 1. The number of carbonyl (C=O) groups is 1. The first kappa shape index (κ1) is 25.7. The summed E-state index contributed by atoms with van der Waals surface area (Å²) in [5, 5.41) is 13.1. The summed E-state index contributed by atoms with van der Waals surface area (Å²) in [5.74, 6) is 0.818. The lowest BCUT2D eigenvalue weighted by Crippen LogP contribution is -2.29. The van der Waals surface area contributed by atoms with Gasteiger partial charge in [-0.15, -0.1) is 0 Å². The van der Waals surface area contributed by atoms with Gasteiger partial charge in [-0.25, -0.2) is 9.79 Å². The van der Waals surface area contributed by atoms with Gasteiger partial charge in [-0.2, -0.15) is 5.26 Å². The second-order valence-electron chi connectivity index (χ2n) is 7.09. The zero-order valence-electron chi connectivity index (χ0n) is 19.0. The van der Waals surface area contributed by atoms with Gasteiger partial charge in [0.15, 0.2) is 0 Å². The fourth-order valence-corrected chi connectivity index (χ4v) is 3.02. The molecule has 0 aromatic heterocycles. The van der Waals surface area contributed by atoms with Crippen molar-refractivity contribution in [2.75, 3.05) is 13.8 Å². The standard InChI is InChI=1S/C24H27ClN4O4/c1-5-11-28-23(27-4)29-22(18-8-6-7-17(12-18)14-26)20-13-19(25)9-10-21(20)31-15-32-24(30)33-16(2)3/h6-13,16,22H,5,15H2,1-4H3,(H,27,29)/b28-11-. The van der Waals surface area contributed by atoms with E-state index in [1.54, 1.807) is 63.5 Å². The Hall–Kier alpha value is -3.57. The Morgan fingerprint density at radius 3 is 2.73 bits per heavy atom. The second-order valence-corrected chi connectivity index (χ2v) is 7.52. The van der Waals surface area contributed by atoms with E-state index in [4.69, 9.17) is 25.8 Å². The minimum atomic E-state index is -0.828. The summed E-state index contributed by atoms with van der Waals surface area (Å²) >= 11 is 6.30. The molecule has 0 saturated heterocycles. The molecule has 33 heavy (non-hydrogen) atoms. The Bertz CT molecular complexity index is 1050. The molecule has 1 atom stereocenters. The Kier molecular flexibility index (Phi) is 10.2. The second kappa shape index (κ2) is 13.1. The topological polar surface area (TPSA) is 105 Å². The number of hydrogen-bond donors (Lipinski definition) is 1. The van der Waals surface area contributed by atoms with Crippen molar-refractivity contribution in [2.24, 2.45) is 9.98 Å². The molecule has 2 rings (SSSR count). The van der Waals surface area contributed by atoms with Gasteiger partial charge in [0, 0.05) is 23.8 Å². The molecule has 0 aliphatic heterocycles. The van der Waals surface area contributed by atoms with Crippen LogP contribution >= 0.6 is 11.6 Å². The van der Waals surface area contributed by atoms with Crippen LogP contribution in [0.15, 0.2) is 52.4 Å². The van der Waals surface area contributed by atoms with Crippen LogP contribution in [0.25, 0.3) is 0 Å². The van der Waals surface area contributed by atoms with Crippen molar-refractivity contribution >= 4 is 29.9 Å². The van der Waals surface area contributed by atoms with Crippen LogP contribution in [0.4, 0.5) is 4.79 Å². The Morgan fingerprint density at radius 1 is 1.27 bits per heavy atom. The lowest BCUT2D eigenvalue weighted by molar-refractivity contribution is -0.00849. The van der Waals surface area contributed by atoms with Gasteiger partial charge in [-0.3, -0.25) is 4.99 Å². The molecule has 0 bridgehead atoms. The van der Waals surface area contributed by atoms with E-state index in [2.05, 4.69) is 21.4 Å². The van der Waals surface area contributed by atoms with Gasteiger partial charge in [0.05, 0.1) is 23.8 Å². The minimum absolute atomic E-state index is 0.306. The first-order valence-electron chi connectivity index (χ1n) is 10.4. The molecule has 2 aromatic carbocycles. The van der Waals surface area contributed by atoms with Crippen LogP contribution in [-0.2, 0) is 9.47 Å². The largest absolute Gasteiger partial charge is 0.511 e. The fraction of sp³-hybridized carbons (Fsp3) is 0.333. The molecule has 0 heterocycles. The number of nitrogens with zero attached hydrogens (tertiary/aromatic N) is 3. The van der Waals surface area contributed by atoms with Gasteiger partial charge in [0.1, 0.15) is 5.75 Å². The highest BCUT2D eigenvalue weighted by molar-refractivity contribution is 6.30. The number of aliphatic imine (C=N–C) groups is 2. The third-order valence-corrected chi connectivity index (χ3v) is 4.47. The highest BCUT2D eigenvalue weighted by Gasteiger charge is 2.21. The van der Waals surface area contributed by atoms with E-state index in [0.717, 1.165) is 12.0 Å². The van der Waals surface area contributed by atoms with Gasteiger partial charge in [-0.1, -0.05) is 30.7 Å². The molecule has 0 aliphatic carbocycles. The number of nitrogens with one attached hydrogen (secondary N) is 1. The van der Waals surface area contributed by atoms with Crippen LogP contribution in [-0.4, -0.2) is 38.3 Å². The molecule has 0 radical (unpaired) electrons. The van der Waals surface area contributed by atoms with E-state index in [1.807, 2.05) is 13.0 Å². The molecular weight excluding hydrogens is 444 g/mol. The van der Waals surface area contributed by atoms with Gasteiger partial charge < -0.3 is 19.5 Å². The fourth-order valence-electron chi connectivity index (χ4n) is 2.84. The van der Waals surface area contributed by atoms with Gasteiger partial charge in [0.2, 0.25) is 12.8 Å². The summed E-state index contributed by atoms with van der Waals surface area (Å²) in [6.45, 7) is 5.06. The van der Waals surface area contributed by atoms with Crippen molar-refractivity contribution < 1.29 is 19.0 Å². The average Bonchev–Trinajstić information content (AvgIpc) is 2.80. The minimum Gasteiger partial charge on any atom is -0.457 e. The number of guanidine groups is 1. The van der Waals surface area contributed by atoms with Crippen molar-refractivity contribution in [1.29, 1.82) is 5.26 Å². The average molecular weight is 471 g/mol. The van der Waals surface area contributed by atoms with Crippen molar-refractivity contribution in [1.82, 2.24) is 5.32 Å². The van der Waals surface area contributed by atoms with Crippen LogP contribution in [0.1, 0.15) is 49.9 Å². The number of rotatable bonds is 8. The Labute approximate surface area is 198 Å². The van der Waals surface area contributed by atoms with Crippen molar-refractivity contribution in [3.05, 3.63) is 64.2 Å². The molecule has 0 amide bonds. The molecule has 1 N–H and O–H groups in total. The van der Waals surface area contributed by atoms with Gasteiger partial charge >= 0.3 is 6.16 Å². The SMILES string of the molecule is CC/C=N\C(=NC)NC(c1cccc(C#N)c1)c1cc(Cl)ccc1OCOC(=O)OC(C)C. The normalized spacial score (nSPS) is 12.3. The van der Waals surface area contributed by atoms with Crippen molar-refractivity contribution in [3.63, 3.8) is 0 Å². The third kappa shape index (κ3) is 8.13. The van der Waals surface area contributed by atoms with Crippen molar-refractivity contribution in [2.45, 2.75) is 39.3 Å². The summed E-state index contributed by atoms with van der Waals surface area (Å²) in [6, 6.07) is 13.8. The molecule has 9 heteroatoms. The monoisotopic (exact) mass is 470 g/mol. The number of ether oxygens (including phenoxy) is 3. The summed E-state index contributed by atoms with van der Waals surface area (Å²) in [5.41, 5.74) is 1.91. The molecule has 2 aromatic rings. The maximum Gasteiger partial charge on any atom is 0.511 e. The Balaban J connectivity index is 2.42. The first-order valence-corrected chi connectivity index (χ1v) is 10.8. The maximum atomic E-state index is 11.7. The first-order chi connectivity index (χ1) is 15.9. The zero-order chi connectivity index (χ0) is 24.2. The van der Waals surface area contributed by atoms with E-state index < -0.39 is 12.2 Å². The highest BCUT2D eigenvalue weighted by Crippen LogP contribution is 2.33. The van der Waals surface area contributed by atoms with Gasteiger partial charge in [-0.05, 0) is 56.2 Å². The van der Waals surface area contributed by atoms with Crippen LogP contribution in [0.5, 0.6) is 5.75 Å². The van der Waals surface area contributed by atoms with Gasteiger partial charge in [0.25, 0.3) is 0 Å². The summed E-state index contributed by atoms with van der Waals surface area (Å²) in [6.07, 6.45) is 1.35. The number of nitriles is 1. The molecule has 0 fully saturated rings. The van der Waals surface area contributed by atoms with E-state index >= 15 is 0 Å². The molecular formula is C24H27ClN4O4. The van der Waals surface area contributed by atoms with E-state index in [0.29, 0.717) is 27.9 Å². The van der Waals surface area contributed by atoms with E-state index in [1.165, 1.54) is 0 Å². The predicted octanol–water partition coefficient (Wildman–Crippen LogP) is 5.26. The molecule has 0 spiro atoms. The summed E-state index contributed by atoms with van der Waals surface area (Å²) in [7, 11) is 1.63. The van der Waals surface area contributed by atoms with Crippen LogP contribution in [0.3, 0.4) is 0 Å². The van der Waals surface area contributed by atoms with Crippen LogP contribution in [0, 0.1) is 11.3 Å². The highest BCUT2D eigenvalue weighted by atomic mass is 35.5. The summed E-state index contributed by atoms with van der Waals surface area (Å²) in [4.78, 5) is 20.2. The van der Waals surface area contributed by atoms with Crippen molar-refractivity contribution in [3.8, 4) is 11.8 Å². The van der Waals surface area contributed by atoms with E-state index in [-0.39, 0.29) is 12.9 Å². The third-order valence-electron chi connectivity index (χ3n) is 4.24. The van der Waals surface area contributed by atoms with Crippen LogP contribution < -0.4 is 10.1 Å². The number of hydrogen-bond acceptors (Lipinski definition) is 6. The lowest BCUT2D eigenvalue weighted by Gasteiger charge is -2.23. The Morgan fingerprint density at radius 2 is 2.06 bits per heavy atom. The molecule has 174 valence electrons. The smallest absolute Gasteiger partial charge is 0.457 e. The quantitative estimate of drug-likeness (QED) is 0.244. The molecule has 0 aliphatic rings. The van der Waals surface area contributed by atoms with E-state index in [9.17, 15) is 10.1 Å². The summed E-state index contributed by atoms with van der Waals surface area (Å²) < 4.78 is 15.7. The zero-order valence-corrected chi connectivity index (χ0v) is 19.8.